The summed E-state index contributed by atoms with van der Waals surface area (Å²) in [6, 6.07) is 5.34. The Hall–Kier alpha value is -1.91. The highest BCUT2D eigenvalue weighted by molar-refractivity contribution is 5.91. The quantitative estimate of drug-likeness (QED) is 0.828. The van der Waals surface area contributed by atoms with Gasteiger partial charge in [0.25, 0.3) is 0 Å². The normalized spacial score (nSPS) is 11.4. The number of anilines is 2. The summed E-state index contributed by atoms with van der Waals surface area (Å²) in [5, 5.41) is 0. The Bertz CT molecular complexity index is 505. The molecule has 0 fully saturated rings. The van der Waals surface area contributed by atoms with Crippen LogP contribution in [0.4, 0.5) is 16.2 Å². The molecule has 0 aliphatic heterocycles. The van der Waals surface area contributed by atoms with Gasteiger partial charge in [-0.1, -0.05) is 13.8 Å². The predicted molar refractivity (Wildman–Crippen MR) is 90.5 cm³/mol. The molecule has 0 saturated heterocycles. The van der Waals surface area contributed by atoms with E-state index in [1.165, 1.54) is 4.90 Å². The van der Waals surface area contributed by atoms with Crippen LogP contribution in [0.5, 0.6) is 5.75 Å². The van der Waals surface area contributed by atoms with E-state index in [9.17, 15) is 4.79 Å². The first-order valence-electron chi connectivity index (χ1n) is 7.70. The number of nitrogens with zero attached hydrogens (tertiary/aromatic N) is 1. The van der Waals surface area contributed by atoms with Crippen molar-refractivity contribution in [3.05, 3.63) is 18.2 Å². The van der Waals surface area contributed by atoms with Crippen molar-refractivity contribution >= 4 is 17.5 Å². The zero-order valence-electron chi connectivity index (χ0n) is 14.5. The summed E-state index contributed by atoms with van der Waals surface area (Å²) in [7, 11) is 1.64. The molecule has 2 N–H and O–H groups in total. The lowest BCUT2D eigenvalue weighted by molar-refractivity contribution is 0.0589. The van der Waals surface area contributed by atoms with Crippen LogP contribution < -0.4 is 15.4 Å². The molecule has 0 saturated carbocycles. The highest BCUT2D eigenvalue weighted by atomic mass is 16.6. The first-order valence-corrected chi connectivity index (χ1v) is 7.70. The monoisotopic (exact) mass is 308 g/mol. The van der Waals surface area contributed by atoms with E-state index in [0.29, 0.717) is 17.1 Å². The van der Waals surface area contributed by atoms with Crippen LogP contribution in [0.25, 0.3) is 0 Å². The SMILES string of the molecule is CCC(CC)Oc1ccc(N)c(N(C)C(=O)OC(C)(C)C)c1. The van der Waals surface area contributed by atoms with Crippen LogP contribution in [0, 0.1) is 0 Å². The van der Waals surface area contributed by atoms with Gasteiger partial charge in [-0.15, -0.1) is 0 Å². The zero-order valence-corrected chi connectivity index (χ0v) is 14.5. The smallest absolute Gasteiger partial charge is 0.414 e. The number of amides is 1. The van der Waals surface area contributed by atoms with Crippen LogP contribution in [0.2, 0.25) is 0 Å². The molecule has 0 heterocycles. The largest absolute Gasteiger partial charge is 0.490 e. The van der Waals surface area contributed by atoms with Crippen LogP contribution in [0.15, 0.2) is 18.2 Å². The molecule has 0 aromatic heterocycles. The van der Waals surface area contributed by atoms with Gasteiger partial charge >= 0.3 is 6.09 Å². The molecule has 5 heteroatoms. The summed E-state index contributed by atoms with van der Waals surface area (Å²) in [6.45, 7) is 9.65. The van der Waals surface area contributed by atoms with Gasteiger partial charge in [0, 0.05) is 13.1 Å². The summed E-state index contributed by atoms with van der Waals surface area (Å²) < 4.78 is 11.3. The summed E-state index contributed by atoms with van der Waals surface area (Å²) in [5.74, 6) is 0.702. The highest BCUT2D eigenvalue weighted by Gasteiger charge is 2.22. The van der Waals surface area contributed by atoms with Gasteiger partial charge in [0.1, 0.15) is 11.4 Å². The minimum Gasteiger partial charge on any atom is -0.490 e. The van der Waals surface area contributed by atoms with Gasteiger partial charge in [0.15, 0.2) is 0 Å². The van der Waals surface area contributed by atoms with E-state index < -0.39 is 11.7 Å². The van der Waals surface area contributed by atoms with Crippen LogP contribution >= 0.6 is 0 Å². The lowest BCUT2D eigenvalue weighted by atomic mass is 10.2. The van der Waals surface area contributed by atoms with Crippen LogP contribution in [0.3, 0.4) is 0 Å². The van der Waals surface area contributed by atoms with Crippen molar-refractivity contribution in [2.45, 2.75) is 59.2 Å². The Balaban J connectivity index is 2.96. The lowest BCUT2D eigenvalue weighted by Gasteiger charge is -2.26. The maximum absolute atomic E-state index is 12.2. The summed E-state index contributed by atoms with van der Waals surface area (Å²) in [4.78, 5) is 13.6. The second-order valence-corrected chi connectivity index (χ2v) is 6.32. The second-order valence-electron chi connectivity index (χ2n) is 6.32. The molecular formula is C17H28N2O3. The molecule has 1 rings (SSSR count). The Labute approximate surface area is 133 Å². The molecule has 1 aromatic carbocycles. The van der Waals surface area contributed by atoms with Crippen LogP contribution in [-0.2, 0) is 4.74 Å². The zero-order chi connectivity index (χ0) is 16.9. The minimum atomic E-state index is -0.552. The van der Waals surface area contributed by atoms with Crippen molar-refractivity contribution in [1.29, 1.82) is 0 Å². The third-order valence-corrected chi connectivity index (χ3v) is 3.24. The van der Waals surface area contributed by atoms with E-state index in [1.807, 2.05) is 26.8 Å². The third-order valence-electron chi connectivity index (χ3n) is 3.24. The summed E-state index contributed by atoms with van der Waals surface area (Å²) in [6.07, 6.45) is 1.57. The van der Waals surface area contributed by atoms with Crippen molar-refractivity contribution in [2.75, 3.05) is 17.7 Å². The number of carbonyl (C=O) groups excluding carboxylic acids is 1. The van der Waals surface area contributed by atoms with E-state index in [4.69, 9.17) is 15.2 Å². The van der Waals surface area contributed by atoms with Gasteiger partial charge < -0.3 is 15.2 Å². The van der Waals surface area contributed by atoms with Gasteiger partial charge in [0.05, 0.1) is 17.5 Å². The molecule has 0 radical (unpaired) electrons. The van der Waals surface area contributed by atoms with Crippen molar-refractivity contribution in [1.82, 2.24) is 0 Å². The molecule has 0 bridgehead atoms. The van der Waals surface area contributed by atoms with Crippen molar-refractivity contribution in [3.8, 4) is 5.75 Å². The third kappa shape index (κ3) is 5.13. The molecule has 0 aliphatic carbocycles. The Morgan fingerprint density at radius 3 is 2.36 bits per heavy atom. The molecular weight excluding hydrogens is 280 g/mol. The van der Waals surface area contributed by atoms with E-state index in [-0.39, 0.29) is 6.10 Å². The fourth-order valence-electron chi connectivity index (χ4n) is 1.96. The number of hydrogen-bond acceptors (Lipinski definition) is 4. The van der Waals surface area contributed by atoms with Gasteiger partial charge in [0.2, 0.25) is 0 Å². The Morgan fingerprint density at radius 2 is 1.86 bits per heavy atom. The molecule has 5 nitrogen and oxygen atoms in total. The summed E-state index contributed by atoms with van der Waals surface area (Å²) in [5.41, 5.74) is 6.52. The average molecular weight is 308 g/mol. The molecule has 124 valence electrons. The van der Waals surface area contributed by atoms with E-state index in [1.54, 1.807) is 19.2 Å². The highest BCUT2D eigenvalue weighted by Crippen LogP contribution is 2.29. The fraction of sp³-hybridized carbons (Fsp3) is 0.588. The number of nitrogens with two attached hydrogens (primary N) is 1. The number of carbonyl (C=O) groups is 1. The van der Waals surface area contributed by atoms with E-state index in [2.05, 4.69) is 13.8 Å². The van der Waals surface area contributed by atoms with E-state index >= 15 is 0 Å². The van der Waals surface area contributed by atoms with Gasteiger partial charge in [-0.2, -0.15) is 0 Å². The topological polar surface area (TPSA) is 64.8 Å². The van der Waals surface area contributed by atoms with Gasteiger partial charge in [-0.3, -0.25) is 4.90 Å². The first kappa shape index (κ1) is 18.1. The Morgan fingerprint density at radius 1 is 1.27 bits per heavy atom. The molecule has 1 amide bonds. The number of benzene rings is 1. The fourth-order valence-corrected chi connectivity index (χ4v) is 1.96. The standard InChI is InChI=1S/C17H28N2O3/c1-7-12(8-2)21-13-9-10-14(18)15(11-13)19(6)16(20)22-17(3,4)5/h9-12H,7-8,18H2,1-6H3. The molecule has 0 spiro atoms. The average Bonchev–Trinajstić information content (AvgIpc) is 2.43. The number of hydrogen-bond donors (Lipinski definition) is 1. The maximum atomic E-state index is 12.2. The number of rotatable bonds is 5. The first-order chi connectivity index (χ1) is 10.2. The van der Waals surface area contributed by atoms with Crippen LogP contribution in [-0.4, -0.2) is 24.8 Å². The minimum absolute atomic E-state index is 0.156. The lowest BCUT2D eigenvalue weighted by Crippen LogP contribution is -2.34. The van der Waals surface area contributed by atoms with E-state index in [0.717, 1.165) is 12.8 Å². The number of ether oxygens (including phenoxy) is 2. The molecule has 1 aromatic rings. The predicted octanol–water partition coefficient (Wildman–Crippen LogP) is 4.21. The van der Waals surface area contributed by atoms with Crippen LogP contribution in [0.1, 0.15) is 47.5 Å². The Kier molecular flexibility index (Phi) is 6.09. The molecule has 0 unspecified atom stereocenters. The molecule has 22 heavy (non-hydrogen) atoms. The second kappa shape index (κ2) is 7.38. The van der Waals surface area contributed by atoms with Gasteiger partial charge in [-0.25, -0.2) is 4.79 Å². The molecule has 0 aliphatic rings. The molecule has 0 atom stereocenters. The summed E-state index contributed by atoms with van der Waals surface area (Å²) >= 11 is 0. The van der Waals surface area contributed by atoms with Crippen molar-refractivity contribution in [2.24, 2.45) is 0 Å². The number of nitrogen functional groups attached to an aromatic ring is 1. The van der Waals surface area contributed by atoms with Gasteiger partial charge in [-0.05, 0) is 45.7 Å². The maximum Gasteiger partial charge on any atom is 0.414 e. The van der Waals surface area contributed by atoms with Crippen molar-refractivity contribution in [3.63, 3.8) is 0 Å². The van der Waals surface area contributed by atoms with Crippen molar-refractivity contribution < 1.29 is 14.3 Å².